The molecule has 1 N–H and O–H groups in total. The summed E-state index contributed by atoms with van der Waals surface area (Å²) < 4.78 is 5.12. The molecular formula is C14H31NO. The third-order valence-electron chi connectivity index (χ3n) is 3.25. The van der Waals surface area contributed by atoms with Crippen molar-refractivity contribution in [1.82, 2.24) is 5.32 Å². The Morgan fingerprint density at radius 2 is 1.75 bits per heavy atom. The molecule has 2 nitrogen and oxygen atoms in total. The molecule has 2 heteroatoms. The minimum atomic E-state index is 0.685. The van der Waals surface area contributed by atoms with Crippen LogP contribution in [0.2, 0.25) is 0 Å². The first kappa shape index (κ1) is 15.9. The summed E-state index contributed by atoms with van der Waals surface area (Å²) in [5.41, 5.74) is 0. The molecule has 0 heterocycles. The Bertz CT molecular complexity index is 148. The normalized spacial score (nSPS) is 15.4. The lowest BCUT2D eigenvalue weighted by molar-refractivity contribution is 0.176. The van der Waals surface area contributed by atoms with Crippen molar-refractivity contribution >= 4 is 0 Å². The Morgan fingerprint density at radius 3 is 2.25 bits per heavy atom. The molecule has 0 aliphatic carbocycles. The summed E-state index contributed by atoms with van der Waals surface area (Å²) in [6.45, 7) is 11.2. The molecule has 0 spiro atoms. The van der Waals surface area contributed by atoms with Crippen LogP contribution in [0, 0.1) is 11.8 Å². The zero-order valence-corrected chi connectivity index (χ0v) is 11.9. The van der Waals surface area contributed by atoms with Gasteiger partial charge in [-0.05, 0) is 44.1 Å². The molecule has 0 saturated heterocycles. The molecule has 0 amide bonds. The molecule has 0 aromatic heterocycles. The first-order chi connectivity index (χ1) is 7.61. The molecule has 2 unspecified atom stereocenters. The van der Waals surface area contributed by atoms with Gasteiger partial charge >= 0.3 is 0 Å². The van der Waals surface area contributed by atoms with E-state index < -0.39 is 0 Å². The summed E-state index contributed by atoms with van der Waals surface area (Å²) in [5.74, 6) is 1.52. The zero-order chi connectivity index (χ0) is 12.4. The highest BCUT2D eigenvalue weighted by Crippen LogP contribution is 2.16. The van der Waals surface area contributed by atoms with E-state index in [0.717, 1.165) is 25.0 Å². The summed E-state index contributed by atoms with van der Waals surface area (Å²) in [7, 11) is 1.78. The van der Waals surface area contributed by atoms with Gasteiger partial charge in [-0.1, -0.05) is 27.7 Å². The van der Waals surface area contributed by atoms with Crippen LogP contribution in [0.4, 0.5) is 0 Å². The first-order valence-electron chi connectivity index (χ1n) is 6.84. The standard InChI is InChI=1S/C14H31NO/c1-6-10-15-14(12(2)3)8-7-13(4)9-11-16-5/h12-15H,6-11H2,1-5H3. The van der Waals surface area contributed by atoms with Crippen LogP contribution in [0.3, 0.4) is 0 Å². The monoisotopic (exact) mass is 229 g/mol. The highest BCUT2D eigenvalue weighted by molar-refractivity contribution is 4.71. The molecule has 0 bridgehead atoms. The lowest BCUT2D eigenvalue weighted by Crippen LogP contribution is -2.34. The van der Waals surface area contributed by atoms with Crippen LogP contribution in [0.5, 0.6) is 0 Å². The van der Waals surface area contributed by atoms with Crippen molar-refractivity contribution in [3.63, 3.8) is 0 Å². The number of rotatable bonds is 10. The van der Waals surface area contributed by atoms with Gasteiger partial charge < -0.3 is 10.1 Å². The van der Waals surface area contributed by atoms with Gasteiger partial charge in [0.15, 0.2) is 0 Å². The summed E-state index contributed by atoms with van der Waals surface area (Å²) in [4.78, 5) is 0. The fraction of sp³-hybridized carbons (Fsp3) is 1.00. The van der Waals surface area contributed by atoms with Crippen molar-refractivity contribution in [3.05, 3.63) is 0 Å². The van der Waals surface area contributed by atoms with Crippen LogP contribution in [0.15, 0.2) is 0 Å². The molecule has 0 rings (SSSR count). The number of hydrogen-bond donors (Lipinski definition) is 1. The van der Waals surface area contributed by atoms with Crippen molar-refractivity contribution < 1.29 is 4.74 Å². The predicted octanol–water partition coefficient (Wildman–Crippen LogP) is 3.46. The van der Waals surface area contributed by atoms with Crippen molar-refractivity contribution in [1.29, 1.82) is 0 Å². The summed E-state index contributed by atoms with van der Waals surface area (Å²) in [6.07, 6.45) is 5.02. The van der Waals surface area contributed by atoms with Crippen LogP contribution in [0.1, 0.15) is 53.4 Å². The van der Waals surface area contributed by atoms with Gasteiger partial charge in [-0.25, -0.2) is 0 Å². The van der Waals surface area contributed by atoms with E-state index in [0.29, 0.717) is 6.04 Å². The molecule has 0 radical (unpaired) electrons. The van der Waals surface area contributed by atoms with Crippen LogP contribution in [-0.2, 0) is 4.74 Å². The maximum Gasteiger partial charge on any atom is 0.0464 e. The van der Waals surface area contributed by atoms with Gasteiger partial charge in [0.05, 0.1) is 0 Å². The fourth-order valence-corrected chi connectivity index (χ4v) is 1.93. The Labute approximate surface area is 102 Å². The third-order valence-corrected chi connectivity index (χ3v) is 3.25. The lowest BCUT2D eigenvalue weighted by atomic mass is 9.93. The molecule has 2 atom stereocenters. The minimum Gasteiger partial charge on any atom is -0.385 e. The second-order valence-electron chi connectivity index (χ2n) is 5.27. The van der Waals surface area contributed by atoms with Gasteiger partial charge in [-0.2, -0.15) is 0 Å². The molecule has 98 valence electrons. The fourth-order valence-electron chi connectivity index (χ4n) is 1.93. The average Bonchev–Trinajstić information content (AvgIpc) is 2.25. The quantitative estimate of drug-likeness (QED) is 0.619. The van der Waals surface area contributed by atoms with Gasteiger partial charge in [-0.3, -0.25) is 0 Å². The van der Waals surface area contributed by atoms with Crippen molar-refractivity contribution in [2.75, 3.05) is 20.3 Å². The molecule has 0 aliphatic heterocycles. The summed E-state index contributed by atoms with van der Waals surface area (Å²) in [5, 5.41) is 3.65. The van der Waals surface area contributed by atoms with Crippen molar-refractivity contribution in [2.45, 2.75) is 59.4 Å². The molecule has 0 fully saturated rings. The largest absolute Gasteiger partial charge is 0.385 e. The van der Waals surface area contributed by atoms with Gasteiger partial charge in [0.25, 0.3) is 0 Å². The second kappa shape index (κ2) is 10.1. The van der Waals surface area contributed by atoms with E-state index in [1.807, 2.05) is 0 Å². The van der Waals surface area contributed by atoms with Gasteiger partial charge in [0.2, 0.25) is 0 Å². The first-order valence-corrected chi connectivity index (χ1v) is 6.84. The van der Waals surface area contributed by atoms with E-state index in [9.17, 15) is 0 Å². The molecule has 0 aliphatic rings. The lowest BCUT2D eigenvalue weighted by Gasteiger charge is -2.23. The number of ether oxygens (including phenoxy) is 1. The van der Waals surface area contributed by atoms with E-state index in [4.69, 9.17) is 4.74 Å². The van der Waals surface area contributed by atoms with E-state index in [-0.39, 0.29) is 0 Å². The zero-order valence-electron chi connectivity index (χ0n) is 11.9. The summed E-state index contributed by atoms with van der Waals surface area (Å²) >= 11 is 0. The predicted molar refractivity (Wildman–Crippen MR) is 71.8 cm³/mol. The maximum absolute atomic E-state index is 5.12. The second-order valence-corrected chi connectivity index (χ2v) is 5.27. The van der Waals surface area contributed by atoms with Gasteiger partial charge in [0.1, 0.15) is 0 Å². The molecule has 0 aromatic carbocycles. The van der Waals surface area contributed by atoms with Crippen molar-refractivity contribution in [2.24, 2.45) is 11.8 Å². The number of nitrogens with one attached hydrogen (secondary N) is 1. The Balaban J connectivity index is 3.73. The van der Waals surface area contributed by atoms with Crippen LogP contribution in [-0.4, -0.2) is 26.3 Å². The van der Waals surface area contributed by atoms with Crippen LogP contribution in [0.25, 0.3) is 0 Å². The Morgan fingerprint density at radius 1 is 1.06 bits per heavy atom. The SMILES string of the molecule is CCCNC(CCC(C)CCOC)C(C)C. The van der Waals surface area contributed by atoms with E-state index in [2.05, 4.69) is 33.0 Å². The Kier molecular flexibility index (Phi) is 10.0. The Hall–Kier alpha value is -0.0800. The van der Waals surface area contributed by atoms with Crippen molar-refractivity contribution in [3.8, 4) is 0 Å². The molecular weight excluding hydrogens is 198 g/mol. The van der Waals surface area contributed by atoms with E-state index in [1.54, 1.807) is 7.11 Å². The van der Waals surface area contributed by atoms with Crippen LogP contribution < -0.4 is 5.32 Å². The average molecular weight is 229 g/mol. The van der Waals surface area contributed by atoms with E-state index in [1.165, 1.54) is 25.7 Å². The van der Waals surface area contributed by atoms with E-state index >= 15 is 0 Å². The smallest absolute Gasteiger partial charge is 0.0464 e. The topological polar surface area (TPSA) is 21.3 Å². The highest BCUT2D eigenvalue weighted by Gasteiger charge is 2.13. The highest BCUT2D eigenvalue weighted by atomic mass is 16.5. The van der Waals surface area contributed by atoms with Gasteiger partial charge in [-0.15, -0.1) is 0 Å². The number of hydrogen-bond acceptors (Lipinski definition) is 2. The van der Waals surface area contributed by atoms with Gasteiger partial charge in [0, 0.05) is 19.8 Å². The molecule has 0 saturated carbocycles. The third kappa shape index (κ3) is 8.12. The molecule has 0 aromatic rings. The molecule has 16 heavy (non-hydrogen) atoms. The minimum absolute atomic E-state index is 0.685. The summed E-state index contributed by atoms with van der Waals surface area (Å²) in [6, 6.07) is 0.685. The van der Waals surface area contributed by atoms with Crippen LogP contribution >= 0.6 is 0 Å². The number of methoxy groups -OCH3 is 1. The maximum atomic E-state index is 5.12.